The summed E-state index contributed by atoms with van der Waals surface area (Å²) >= 11 is 0. The maximum Gasteiger partial charge on any atom is 0.352 e. The van der Waals surface area contributed by atoms with E-state index in [2.05, 4.69) is 15.4 Å². The van der Waals surface area contributed by atoms with Crippen molar-refractivity contribution in [3.8, 4) is 17.0 Å². The Labute approximate surface area is 168 Å². The topological polar surface area (TPSA) is 90.5 Å². The number of rotatable bonds is 5. The molecular weight excluding hydrogens is 370 g/mol. The lowest BCUT2D eigenvalue weighted by molar-refractivity contribution is -0.122. The van der Waals surface area contributed by atoms with E-state index in [0.29, 0.717) is 17.2 Å². The number of fused-ring (bicyclic) bond motifs is 1. The minimum atomic E-state index is -0.356. The molecule has 1 amide bonds. The van der Waals surface area contributed by atoms with Crippen LogP contribution >= 0.6 is 0 Å². The number of carbonyl (C=O) groups excluding carboxylic acids is 1. The third-order valence-electron chi connectivity index (χ3n) is 5.39. The van der Waals surface area contributed by atoms with Crippen LogP contribution in [0.15, 0.2) is 35.1 Å². The predicted molar refractivity (Wildman–Crippen MR) is 109 cm³/mol. The van der Waals surface area contributed by atoms with Gasteiger partial charge in [0.05, 0.1) is 12.8 Å². The fraction of sp³-hybridized carbons (Fsp3) is 0.429. The van der Waals surface area contributed by atoms with Crippen molar-refractivity contribution in [1.29, 1.82) is 0 Å². The highest BCUT2D eigenvalue weighted by Gasteiger charge is 2.18. The van der Waals surface area contributed by atoms with Crippen molar-refractivity contribution in [2.75, 3.05) is 7.11 Å². The zero-order chi connectivity index (χ0) is 20.4. The SMILES string of the molecule is COc1ccc(-c2cc3nn(CC(=O)NC4CCCCC4)c(=O)n3c(C)n2)cc1. The first kappa shape index (κ1) is 19.2. The van der Waals surface area contributed by atoms with Crippen molar-refractivity contribution in [2.24, 2.45) is 0 Å². The quantitative estimate of drug-likeness (QED) is 0.716. The Bertz CT molecular complexity index is 1080. The standard InChI is InChI=1S/C21H25N5O3/c1-14-22-18(15-8-10-17(29-2)11-9-15)12-19-24-25(21(28)26(14)19)13-20(27)23-16-6-4-3-5-7-16/h8-12,16H,3-7,13H2,1-2H3,(H,23,27). The molecule has 0 atom stereocenters. The average Bonchev–Trinajstić information content (AvgIpc) is 3.04. The number of hydrogen-bond acceptors (Lipinski definition) is 5. The van der Waals surface area contributed by atoms with Crippen LogP contribution in [0.4, 0.5) is 0 Å². The van der Waals surface area contributed by atoms with E-state index < -0.39 is 0 Å². The van der Waals surface area contributed by atoms with Gasteiger partial charge in [-0.25, -0.2) is 18.9 Å². The van der Waals surface area contributed by atoms with Crippen molar-refractivity contribution in [1.82, 2.24) is 24.5 Å². The molecule has 2 aromatic heterocycles. The van der Waals surface area contributed by atoms with Crippen LogP contribution in [-0.2, 0) is 11.3 Å². The Morgan fingerprint density at radius 2 is 1.93 bits per heavy atom. The second-order valence-electron chi connectivity index (χ2n) is 7.45. The Morgan fingerprint density at radius 3 is 2.62 bits per heavy atom. The average molecular weight is 395 g/mol. The second-order valence-corrected chi connectivity index (χ2v) is 7.45. The fourth-order valence-corrected chi connectivity index (χ4v) is 3.87. The third kappa shape index (κ3) is 4.01. The maximum atomic E-state index is 12.7. The molecule has 1 fully saturated rings. The molecule has 8 nitrogen and oxygen atoms in total. The van der Waals surface area contributed by atoms with Crippen molar-refractivity contribution in [3.63, 3.8) is 0 Å². The van der Waals surface area contributed by atoms with Gasteiger partial charge in [0.15, 0.2) is 5.65 Å². The monoisotopic (exact) mass is 395 g/mol. The highest BCUT2D eigenvalue weighted by atomic mass is 16.5. The first-order chi connectivity index (χ1) is 14.0. The van der Waals surface area contributed by atoms with E-state index in [1.54, 1.807) is 20.1 Å². The first-order valence-corrected chi connectivity index (χ1v) is 9.96. The largest absolute Gasteiger partial charge is 0.497 e. The molecule has 2 heterocycles. The number of methoxy groups -OCH3 is 1. The zero-order valence-corrected chi connectivity index (χ0v) is 16.7. The maximum absolute atomic E-state index is 12.7. The molecule has 0 radical (unpaired) electrons. The Kier molecular flexibility index (Phi) is 5.33. The van der Waals surface area contributed by atoms with Gasteiger partial charge in [0, 0.05) is 17.7 Å². The number of ether oxygens (including phenoxy) is 1. The van der Waals surface area contributed by atoms with Crippen molar-refractivity contribution < 1.29 is 9.53 Å². The Balaban J connectivity index is 1.59. The molecule has 1 N–H and O–H groups in total. The molecule has 8 heteroatoms. The molecule has 152 valence electrons. The summed E-state index contributed by atoms with van der Waals surface area (Å²) in [6.45, 7) is 1.67. The van der Waals surface area contributed by atoms with Crippen LogP contribution in [0.25, 0.3) is 16.9 Å². The number of aryl methyl sites for hydroxylation is 1. The lowest BCUT2D eigenvalue weighted by Crippen LogP contribution is -2.40. The molecule has 0 unspecified atom stereocenters. The smallest absolute Gasteiger partial charge is 0.352 e. The van der Waals surface area contributed by atoms with Crippen LogP contribution in [0.2, 0.25) is 0 Å². The van der Waals surface area contributed by atoms with Crippen molar-refractivity contribution >= 4 is 11.6 Å². The van der Waals surface area contributed by atoms with E-state index in [9.17, 15) is 9.59 Å². The van der Waals surface area contributed by atoms with Crippen LogP contribution < -0.4 is 15.7 Å². The summed E-state index contributed by atoms with van der Waals surface area (Å²) in [5, 5.41) is 7.39. The normalized spacial score (nSPS) is 14.8. The summed E-state index contributed by atoms with van der Waals surface area (Å²) in [4.78, 5) is 29.7. The van der Waals surface area contributed by atoms with Gasteiger partial charge in [-0.3, -0.25) is 4.79 Å². The zero-order valence-electron chi connectivity index (χ0n) is 16.7. The van der Waals surface area contributed by atoms with Crippen LogP contribution in [-0.4, -0.2) is 38.2 Å². The first-order valence-electron chi connectivity index (χ1n) is 9.96. The molecule has 3 aromatic rings. The molecule has 1 saturated carbocycles. The van der Waals surface area contributed by atoms with Gasteiger partial charge in [-0.2, -0.15) is 0 Å². The van der Waals surface area contributed by atoms with Crippen LogP contribution in [0, 0.1) is 6.92 Å². The molecule has 1 aliphatic carbocycles. The number of nitrogens with one attached hydrogen (secondary N) is 1. The molecule has 0 bridgehead atoms. The van der Waals surface area contributed by atoms with Gasteiger partial charge in [-0.1, -0.05) is 19.3 Å². The molecule has 0 aliphatic heterocycles. The van der Waals surface area contributed by atoms with E-state index in [4.69, 9.17) is 4.74 Å². The number of nitrogens with zero attached hydrogens (tertiary/aromatic N) is 4. The summed E-state index contributed by atoms with van der Waals surface area (Å²) < 4.78 is 7.83. The van der Waals surface area contributed by atoms with E-state index in [0.717, 1.165) is 37.0 Å². The van der Waals surface area contributed by atoms with Gasteiger partial charge in [0.25, 0.3) is 0 Å². The van der Waals surface area contributed by atoms with E-state index in [-0.39, 0.29) is 24.2 Å². The van der Waals surface area contributed by atoms with Gasteiger partial charge < -0.3 is 10.1 Å². The highest BCUT2D eigenvalue weighted by Crippen LogP contribution is 2.22. The fourth-order valence-electron chi connectivity index (χ4n) is 3.87. The highest BCUT2D eigenvalue weighted by molar-refractivity contribution is 5.76. The number of aromatic nitrogens is 4. The molecule has 1 aliphatic rings. The van der Waals surface area contributed by atoms with Crippen LogP contribution in [0.1, 0.15) is 37.9 Å². The predicted octanol–water partition coefficient (Wildman–Crippen LogP) is 2.32. The second kappa shape index (κ2) is 8.06. The number of hydrogen-bond donors (Lipinski definition) is 1. The summed E-state index contributed by atoms with van der Waals surface area (Å²) in [6.07, 6.45) is 5.50. The molecule has 4 rings (SSSR count). The van der Waals surface area contributed by atoms with E-state index in [1.165, 1.54) is 15.5 Å². The van der Waals surface area contributed by atoms with Gasteiger partial charge in [0.1, 0.15) is 18.1 Å². The molecule has 29 heavy (non-hydrogen) atoms. The number of benzene rings is 1. The Morgan fingerprint density at radius 1 is 1.21 bits per heavy atom. The minimum absolute atomic E-state index is 0.0890. The Hall–Kier alpha value is -3.16. The van der Waals surface area contributed by atoms with Gasteiger partial charge in [-0.05, 0) is 44.0 Å². The minimum Gasteiger partial charge on any atom is -0.497 e. The summed E-state index contributed by atoms with van der Waals surface area (Å²) in [5.74, 6) is 1.11. The number of carbonyl (C=O) groups is 1. The van der Waals surface area contributed by atoms with Crippen LogP contribution in [0.5, 0.6) is 5.75 Å². The third-order valence-corrected chi connectivity index (χ3v) is 5.39. The van der Waals surface area contributed by atoms with Crippen molar-refractivity contribution in [2.45, 2.75) is 51.6 Å². The van der Waals surface area contributed by atoms with Gasteiger partial charge in [0.2, 0.25) is 5.91 Å². The van der Waals surface area contributed by atoms with Gasteiger partial charge >= 0.3 is 5.69 Å². The lowest BCUT2D eigenvalue weighted by Gasteiger charge is -2.22. The summed E-state index contributed by atoms with van der Waals surface area (Å²) in [6, 6.07) is 9.49. The van der Waals surface area contributed by atoms with Crippen molar-refractivity contribution in [3.05, 3.63) is 46.6 Å². The molecule has 0 spiro atoms. The number of amides is 1. The summed E-state index contributed by atoms with van der Waals surface area (Å²) in [7, 11) is 1.62. The van der Waals surface area contributed by atoms with E-state index >= 15 is 0 Å². The molecule has 1 aromatic carbocycles. The van der Waals surface area contributed by atoms with Gasteiger partial charge in [-0.15, -0.1) is 5.10 Å². The molecular formula is C21H25N5O3. The summed E-state index contributed by atoms with van der Waals surface area (Å²) in [5.41, 5.74) is 1.72. The lowest BCUT2D eigenvalue weighted by atomic mass is 9.95. The molecule has 0 saturated heterocycles. The van der Waals surface area contributed by atoms with Crippen LogP contribution in [0.3, 0.4) is 0 Å². The van der Waals surface area contributed by atoms with E-state index in [1.807, 2.05) is 24.3 Å².